The van der Waals surface area contributed by atoms with Gasteiger partial charge in [0.15, 0.2) is 0 Å². The summed E-state index contributed by atoms with van der Waals surface area (Å²) < 4.78 is 0. The third-order valence-electron chi connectivity index (χ3n) is 4.78. The molecule has 0 spiro atoms. The molecule has 1 aromatic rings. The molecule has 1 heterocycles. The third-order valence-corrected chi connectivity index (χ3v) is 5.64. The summed E-state index contributed by atoms with van der Waals surface area (Å²) in [4.78, 5) is 4.00. The van der Waals surface area contributed by atoms with Crippen LogP contribution in [0.5, 0.6) is 0 Å². The highest BCUT2D eigenvalue weighted by atomic mass is 32.1. The Morgan fingerprint density at radius 3 is 2.42 bits per heavy atom. The highest BCUT2D eigenvalue weighted by Crippen LogP contribution is 2.45. The van der Waals surface area contributed by atoms with E-state index in [4.69, 9.17) is 5.84 Å². The highest BCUT2D eigenvalue weighted by molar-refractivity contribution is 7.10. The van der Waals surface area contributed by atoms with Crippen molar-refractivity contribution in [2.24, 2.45) is 5.84 Å². The molecule has 1 saturated carbocycles. The molecule has 0 saturated heterocycles. The number of likely N-dealkylation sites (N-methyl/N-ethyl adjacent to an activating group) is 1. The summed E-state index contributed by atoms with van der Waals surface area (Å²) in [6, 6.07) is 2.50. The molecule has 1 atom stereocenters. The van der Waals surface area contributed by atoms with E-state index in [2.05, 4.69) is 42.5 Å². The van der Waals surface area contributed by atoms with E-state index in [9.17, 15) is 0 Å². The molecule has 19 heavy (non-hydrogen) atoms. The zero-order chi connectivity index (χ0) is 13.9. The molecular weight excluding hydrogens is 254 g/mol. The van der Waals surface area contributed by atoms with Crippen molar-refractivity contribution < 1.29 is 0 Å². The van der Waals surface area contributed by atoms with Gasteiger partial charge in [0.05, 0.1) is 6.04 Å². The zero-order valence-electron chi connectivity index (χ0n) is 12.4. The Labute approximate surface area is 121 Å². The van der Waals surface area contributed by atoms with Crippen molar-refractivity contribution in [2.45, 2.75) is 58.0 Å². The second-order valence-corrected chi connectivity index (χ2v) is 6.64. The molecule has 1 aromatic heterocycles. The molecule has 0 bridgehead atoms. The standard InChI is InChI=1S/C15H27N3S/c1-4-18(5-2)15(9-6-7-10-15)14(17-16)13-8-11-19-12(13)3/h8,11,14,17H,4-7,9-10,16H2,1-3H3. The Morgan fingerprint density at radius 2 is 2.00 bits per heavy atom. The summed E-state index contributed by atoms with van der Waals surface area (Å²) in [6.07, 6.45) is 5.13. The summed E-state index contributed by atoms with van der Waals surface area (Å²) in [7, 11) is 0. The molecule has 3 nitrogen and oxygen atoms in total. The molecule has 1 unspecified atom stereocenters. The lowest BCUT2D eigenvalue weighted by Gasteiger charge is -2.46. The van der Waals surface area contributed by atoms with Gasteiger partial charge in [-0.3, -0.25) is 16.2 Å². The number of nitrogens with two attached hydrogens (primary N) is 1. The number of thiophene rings is 1. The minimum atomic E-state index is 0.198. The fraction of sp³-hybridized carbons (Fsp3) is 0.733. The second kappa shape index (κ2) is 6.35. The van der Waals surface area contributed by atoms with Gasteiger partial charge in [-0.1, -0.05) is 26.7 Å². The van der Waals surface area contributed by atoms with Crippen LogP contribution >= 0.6 is 11.3 Å². The Kier molecular flexibility index (Phi) is 5.01. The number of hydrogen-bond donors (Lipinski definition) is 2. The lowest BCUT2D eigenvalue weighted by Crippen LogP contribution is -2.56. The van der Waals surface area contributed by atoms with E-state index in [1.165, 1.54) is 36.1 Å². The molecule has 0 aromatic carbocycles. The van der Waals surface area contributed by atoms with Gasteiger partial charge in [-0.2, -0.15) is 0 Å². The first kappa shape index (κ1) is 15.0. The van der Waals surface area contributed by atoms with Gasteiger partial charge in [-0.05, 0) is 49.9 Å². The number of nitrogens with zero attached hydrogens (tertiary/aromatic N) is 1. The summed E-state index contributed by atoms with van der Waals surface area (Å²) >= 11 is 1.82. The maximum atomic E-state index is 5.97. The Hall–Kier alpha value is -0.420. The Bertz CT molecular complexity index is 392. The molecule has 2 rings (SSSR count). The SMILES string of the molecule is CCN(CC)C1(C(NN)c2ccsc2C)CCCC1. The van der Waals surface area contributed by atoms with Crippen molar-refractivity contribution in [1.29, 1.82) is 0 Å². The first-order valence-corrected chi connectivity index (χ1v) is 8.32. The van der Waals surface area contributed by atoms with Crippen LogP contribution in [0.2, 0.25) is 0 Å². The molecule has 0 amide bonds. The number of aryl methyl sites for hydroxylation is 1. The van der Waals surface area contributed by atoms with Crippen LogP contribution in [-0.2, 0) is 0 Å². The quantitative estimate of drug-likeness (QED) is 0.621. The van der Waals surface area contributed by atoms with Crippen LogP contribution < -0.4 is 11.3 Å². The van der Waals surface area contributed by atoms with Gasteiger partial charge in [-0.25, -0.2) is 0 Å². The van der Waals surface area contributed by atoms with E-state index < -0.39 is 0 Å². The number of hydrazine groups is 1. The summed E-state index contributed by atoms with van der Waals surface area (Å²) in [5.74, 6) is 5.97. The topological polar surface area (TPSA) is 41.3 Å². The predicted octanol–water partition coefficient (Wildman–Crippen LogP) is 3.22. The van der Waals surface area contributed by atoms with Crippen LogP contribution in [0.4, 0.5) is 0 Å². The molecular formula is C15H27N3S. The van der Waals surface area contributed by atoms with E-state index in [1.54, 1.807) is 0 Å². The number of nitrogens with one attached hydrogen (secondary N) is 1. The average molecular weight is 281 g/mol. The van der Waals surface area contributed by atoms with E-state index in [0.29, 0.717) is 0 Å². The van der Waals surface area contributed by atoms with Crippen LogP contribution in [0.1, 0.15) is 56.0 Å². The first-order valence-electron chi connectivity index (χ1n) is 7.44. The van der Waals surface area contributed by atoms with Gasteiger partial charge in [0.1, 0.15) is 0 Å². The Balaban J connectivity index is 2.39. The summed E-state index contributed by atoms with van der Waals surface area (Å²) in [5, 5.41) is 2.18. The van der Waals surface area contributed by atoms with E-state index in [0.717, 1.165) is 13.1 Å². The van der Waals surface area contributed by atoms with Crippen molar-refractivity contribution in [2.75, 3.05) is 13.1 Å². The molecule has 0 radical (unpaired) electrons. The highest BCUT2D eigenvalue weighted by Gasteiger charge is 2.45. The fourth-order valence-electron chi connectivity index (χ4n) is 3.86. The van der Waals surface area contributed by atoms with Crippen LogP contribution in [0, 0.1) is 6.92 Å². The minimum Gasteiger partial charge on any atom is -0.296 e. The Morgan fingerprint density at radius 1 is 1.37 bits per heavy atom. The number of hydrogen-bond acceptors (Lipinski definition) is 4. The van der Waals surface area contributed by atoms with Crippen molar-refractivity contribution >= 4 is 11.3 Å². The van der Waals surface area contributed by atoms with Crippen molar-refractivity contribution in [1.82, 2.24) is 10.3 Å². The monoisotopic (exact) mass is 281 g/mol. The largest absolute Gasteiger partial charge is 0.296 e. The lowest BCUT2D eigenvalue weighted by atomic mass is 9.82. The zero-order valence-corrected chi connectivity index (χ0v) is 13.2. The van der Waals surface area contributed by atoms with Crippen LogP contribution in [0.15, 0.2) is 11.4 Å². The van der Waals surface area contributed by atoms with Gasteiger partial charge in [0, 0.05) is 10.4 Å². The van der Waals surface area contributed by atoms with Crippen LogP contribution in [0.3, 0.4) is 0 Å². The molecule has 1 aliphatic rings. The molecule has 1 fully saturated rings. The maximum absolute atomic E-state index is 5.97. The normalized spacial score (nSPS) is 20.1. The molecule has 1 aliphatic carbocycles. The minimum absolute atomic E-state index is 0.198. The smallest absolute Gasteiger partial charge is 0.0654 e. The second-order valence-electron chi connectivity index (χ2n) is 5.51. The van der Waals surface area contributed by atoms with Gasteiger partial charge >= 0.3 is 0 Å². The number of rotatable bonds is 6. The van der Waals surface area contributed by atoms with E-state index in [-0.39, 0.29) is 11.6 Å². The van der Waals surface area contributed by atoms with Crippen molar-refractivity contribution in [3.63, 3.8) is 0 Å². The van der Waals surface area contributed by atoms with Crippen LogP contribution in [-0.4, -0.2) is 23.5 Å². The maximum Gasteiger partial charge on any atom is 0.0654 e. The first-order chi connectivity index (χ1) is 9.19. The van der Waals surface area contributed by atoms with Crippen molar-refractivity contribution in [3.8, 4) is 0 Å². The average Bonchev–Trinajstić information content (AvgIpc) is 3.04. The predicted molar refractivity (Wildman–Crippen MR) is 83.2 cm³/mol. The van der Waals surface area contributed by atoms with Gasteiger partial charge in [0.2, 0.25) is 0 Å². The van der Waals surface area contributed by atoms with Crippen LogP contribution in [0.25, 0.3) is 0 Å². The van der Waals surface area contributed by atoms with E-state index in [1.807, 2.05) is 11.3 Å². The summed E-state index contributed by atoms with van der Waals surface area (Å²) in [6.45, 7) is 8.92. The lowest BCUT2D eigenvalue weighted by molar-refractivity contribution is 0.0626. The molecule has 4 heteroatoms. The fourth-order valence-corrected chi connectivity index (χ4v) is 4.60. The summed E-state index contributed by atoms with van der Waals surface area (Å²) in [5.41, 5.74) is 4.73. The third kappa shape index (κ3) is 2.59. The van der Waals surface area contributed by atoms with Gasteiger partial charge in [-0.15, -0.1) is 11.3 Å². The van der Waals surface area contributed by atoms with Crippen molar-refractivity contribution in [3.05, 3.63) is 21.9 Å². The molecule has 108 valence electrons. The van der Waals surface area contributed by atoms with E-state index >= 15 is 0 Å². The van der Waals surface area contributed by atoms with Gasteiger partial charge < -0.3 is 0 Å². The van der Waals surface area contributed by atoms with Gasteiger partial charge in [0.25, 0.3) is 0 Å². The molecule has 0 aliphatic heterocycles. The molecule has 3 N–H and O–H groups in total.